The highest BCUT2D eigenvalue weighted by Gasteiger charge is 2.24. The number of hydrogen-bond donors (Lipinski definition) is 0. The van der Waals surface area contributed by atoms with Gasteiger partial charge in [0.15, 0.2) is 0 Å². The Morgan fingerprint density at radius 3 is 2.54 bits per heavy atom. The van der Waals surface area contributed by atoms with E-state index in [0.717, 1.165) is 55.3 Å². The molecule has 0 aromatic carbocycles. The standard InChI is InChI=1S/C18H25N5O/c1-4-17(24)23-9-5-14(6-10-23)11-15-18(20-8-7-19-15)16-12-21-13(2)22(16)3/h7-8,12,14H,4-6,9-11H2,1-3H3. The molecule has 6 nitrogen and oxygen atoms in total. The van der Waals surface area contributed by atoms with E-state index >= 15 is 0 Å². The van der Waals surface area contributed by atoms with E-state index in [1.165, 1.54) is 0 Å². The van der Waals surface area contributed by atoms with Gasteiger partial charge in [-0.3, -0.25) is 14.8 Å². The fourth-order valence-corrected chi connectivity index (χ4v) is 3.34. The third-order valence-electron chi connectivity index (χ3n) is 4.99. The van der Waals surface area contributed by atoms with Crippen LogP contribution in [0.4, 0.5) is 0 Å². The summed E-state index contributed by atoms with van der Waals surface area (Å²) in [5.41, 5.74) is 2.96. The summed E-state index contributed by atoms with van der Waals surface area (Å²) in [6, 6.07) is 0. The van der Waals surface area contributed by atoms with Crippen molar-refractivity contribution in [3.8, 4) is 11.4 Å². The second kappa shape index (κ2) is 7.11. The van der Waals surface area contributed by atoms with Gasteiger partial charge in [0.25, 0.3) is 0 Å². The van der Waals surface area contributed by atoms with E-state index in [9.17, 15) is 4.79 Å². The Labute approximate surface area is 142 Å². The smallest absolute Gasteiger partial charge is 0.222 e. The van der Waals surface area contributed by atoms with Gasteiger partial charge < -0.3 is 9.47 Å². The predicted octanol–water partition coefficient (Wildman–Crippen LogP) is 2.38. The first-order valence-electron chi connectivity index (χ1n) is 8.66. The third kappa shape index (κ3) is 3.32. The van der Waals surface area contributed by atoms with Gasteiger partial charge in [-0.25, -0.2) is 4.98 Å². The fraction of sp³-hybridized carbons (Fsp3) is 0.556. The molecule has 0 unspecified atom stereocenters. The Bertz CT molecular complexity index is 716. The Morgan fingerprint density at radius 1 is 1.21 bits per heavy atom. The van der Waals surface area contributed by atoms with Crippen molar-refractivity contribution in [3.05, 3.63) is 30.1 Å². The largest absolute Gasteiger partial charge is 0.343 e. The van der Waals surface area contributed by atoms with Crippen LogP contribution in [-0.2, 0) is 18.3 Å². The van der Waals surface area contributed by atoms with E-state index in [4.69, 9.17) is 0 Å². The summed E-state index contributed by atoms with van der Waals surface area (Å²) in [5.74, 6) is 1.78. The van der Waals surface area contributed by atoms with Crippen LogP contribution in [0.2, 0.25) is 0 Å². The second-order valence-electron chi connectivity index (χ2n) is 6.48. The lowest BCUT2D eigenvalue weighted by Gasteiger charge is -2.32. The van der Waals surface area contributed by atoms with Gasteiger partial charge >= 0.3 is 0 Å². The molecule has 0 spiro atoms. The van der Waals surface area contributed by atoms with E-state index in [-0.39, 0.29) is 5.91 Å². The van der Waals surface area contributed by atoms with Crippen molar-refractivity contribution in [3.63, 3.8) is 0 Å². The lowest BCUT2D eigenvalue weighted by atomic mass is 9.91. The maximum atomic E-state index is 11.8. The number of aromatic nitrogens is 4. The van der Waals surface area contributed by atoms with Gasteiger partial charge in [0.1, 0.15) is 11.5 Å². The zero-order valence-corrected chi connectivity index (χ0v) is 14.7. The Kier molecular flexibility index (Phi) is 4.92. The van der Waals surface area contributed by atoms with Crippen LogP contribution in [0.5, 0.6) is 0 Å². The number of amides is 1. The molecule has 2 aromatic heterocycles. The second-order valence-corrected chi connectivity index (χ2v) is 6.48. The molecule has 6 heteroatoms. The monoisotopic (exact) mass is 327 g/mol. The lowest BCUT2D eigenvalue weighted by Crippen LogP contribution is -2.38. The van der Waals surface area contributed by atoms with Crippen molar-refractivity contribution >= 4 is 5.91 Å². The highest BCUT2D eigenvalue weighted by atomic mass is 16.2. The van der Waals surface area contributed by atoms with Gasteiger partial charge in [-0.05, 0) is 32.1 Å². The summed E-state index contributed by atoms with van der Waals surface area (Å²) in [4.78, 5) is 27.3. The zero-order chi connectivity index (χ0) is 17.1. The molecule has 0 atom stereocenters. The van der Waals surface area contributed by atoms with Crippen LogP contribution in [0.1, 0.15) is 37.7 Å². The zero-order valence-electron chi connectivity index (χ0n) is 14.7. The molecule has 0 saturated carbocycles. The van der Waals surface area contributed by atoms with Crippen molar-refractivity contribution in [1.82, 2.24) is 24.4 Å². The number of carbonyl (C=O) groups is 1. The molecule has 1 aliphatic rings. The molecule has 2 aromatic rings. The maximum absolute atomic E-state index is 11.8. The molecule has 1 fully saturated rings. The van der Waals surface area contributed by atoms with Crippen LogP contribution in [0.15, 0.2) is 18.6 Å². The summed E-state index contributed by atoms with van der Waals surface area (Å²) < 4.78 is 2.05. The Balaban J connectivity index is 1.73. The van der Waals surface area contributed by atoms with E-state index in [2.05, 4.69) is 19.5 Å². The molecular formula is C18H25N5O. The topological polar surface area (TPSA) is 63.9 Å². The van der Waals surface area contributed by atoms with Gasteiger partial charge in [0.2, 0.25) is 5.91 Å². The maximum Gasteiger partial charge on any atom is 0.222 e. The molecule has 1 saturated heterocycles. The summed E-state index contributed by atoms with van der Waals surface area (Å²) in [7, 11) is 2.00. The summed E-state index contributed by atoms with van der Waals surface area (Å²) in [5, 5.41) is 0. The van der Waals surface area contributed by atoms with E-state index in [0.29, 0.717) is 12.3 Å². The number of hydrogen-bond acceptors (Lipinski definition) is 4. The molecule has 3 rings (SSSR count). The van der Waals surface area contributed by atoms with Crippen molar-refractivity contribution in [2.75, 3.05) is 13.1 Å². The first-order chi connectivity index (χ1) is 11.6. The van der Waals surface area contributed by atoms with Gasteiger partial charge in [-0.1, -0.05) is 6.92 Å². The molecule has 3 heterocycles. The van der Waals surface area contributed by atoms with Crippen molar-refractivity contribution in [2.24, 2.45) is 13.0 Å². The van der Waals surface area contributed by atoms with Gasteiger partial charge in [-0.2, -0.15) is 0 Å². The van der Waals surface area contributed by atoms with Crippen LogP contribution in [0, 0.1) is 12.8 Å². The quantitative estimate of drug-likeness (QED) is 0.865. The van der Waals surface area contributed by atoms with Crippen LogP contribution < -0.4 is 0 Å². The minimum absolute atomic E-state index is 0.263. The molecule has 0 aliphatic carbocycles. The normalized spacial score (nSPS) is 15.7. The highest BCUT2D eigenvalue weighted by molar-refractivity contribution is 5.75. The van der Waals surface area contributed by atoms with Gasteiger partial charge in [-0.15, -0.1) is 0 Å². The first kappa shape index (κ1) is 16.6. The van der Waals surface area contributed by atoms with Crippen LogP contribution in [0.3, 0.4) is 0 Å². The summed E-state index contributed by atoms with van der Waals surface area (Å²) in [6.07, 6.45) is 8.94. The average Bonchev–Trinajstić information content (AvgIpc) is 2.94. The predicted molar refractivity (Wildman–Crippen MR) is 92.3 cm³/mol. The van der Waals surface area contributed by atoms with Crippen LogP contribution in [0.25, 0.3) is 11.4 Å². The minimum atomic E-state index is 0.263. The molecule has 1 amide bonds. The average molecular weight is 327 g/mol. The number of piperidine rings is 1. The highest BCUT2D eigenvalue weighted by Crippen LogP contribution is 2.26. The molecule has 0 N–H and O–H groups in total. The molecule has 0 bridgehead atoms. The number of nitrogens with zero attached hydrogens (tertiary/aromatic N) is 5. The van der Waals surface area contributed by atoms with Crippen LogP contribution >= 0.6 is 0 Å². The number of carbonyl (C=O) groups excluding carboxylic acids is 1. The number of aryl methyl sites for hydroxylation is 1. The van der Waals surface area contributed by atoms with E-state index in [1.54, 1.807) is 12.4 Å². The molecule has 128 valence electrons. The lowest BCUT2D eigenvalue weighted by molar-refractivity contribution is -0.132. The fourth-order valence-electron chi connectivity index (χ4n) is 3.34. The summed E-state index contributed by atoms with van der Waals surface area (Å²) >= 11 is 0. The number of rotatable bonds is 4. The minimum Gasteiger partial charge on any atom is -0.343 e. The van der Waals surface area contributed by atoms with E-state index in [1.807, 2.05) is 32.0 Å². The van der Waals surface area contributed by atoms with Crippen LogP contribution in [-0.4, -0.2) is 43.4 Å². The summed E-state index contributed by atoms with van der Waals surface area (Å²) in [6.45, 7) is 5.63. The molecule has 1 aliphatic heterocycles. The van der Waals surface area contributed by atoms with E-state index < -0.39 is 0 Å². The Hall–Kier alpha value is -2.24. The number of likely N-dealkylation sites (tertiary alicyclic amines) is 1. The SMILES string of the molecule is CCC(=O)N1CCC(Cc2nccnc2-c2cnc(C)n2C)CC1. The van der Waals surface area contributed by atoms with Crippen molar-refractivity contribution in [1.29, 1.82) is 0 Å². The number of imidazole rings is 1. The first-order valence-corrected chi connectivity index (χ1v) is 8.66. The van der Waals surface area contributed by atoms with Gasteiger partial charge in [0.05, 0.1) is 17.6 Å². The van der Waals surface area contributed by atoms with Gasteiger partial charge in [0, 0.05) is 39.0 Å². The third-order valence-corrected chi connectivity index (χ3v) is 4.99. The molecule has 0 radical (unpaired) electrons. The Morgan fingerprint density at radius 2 is 1.92 bits per heavy atom. The molecule has 24 heavy (non-hydrogen) atoms. The van der Waals surface area contributed by atoms with Crippen molar-refractivity contribution in [2.45, 2.75) is 39.5 Å². The molecular weight excluding hydrogens is 302 g/mol. The van der Waals surface area contributed by atoms with Crippen molar-refractivity contribution < 1.29 is 4.79 Å².